The molecule has 0 atom stereocenters. The van der Waals surface area contributed by atoms with Gasteiger partial charge >= 0.3 is 0 Å². The number of sulfone groups is 1. The Labute approximate surface area is 236 Å². The number of hydrogen-bond acceptors (Lipinski definition) is 7. The molecule has 0 fully saturated rings. The van der Waals surface area contributed by atoms with E-state index in [2.05, 4.69) is 49.5 Å². The van der Waals surface area contributed by atoms with Crippen LogP contribution in [-0.2, 0) is 22.8 Å². The second-order valence-electron chi connectivity index (χ2n) is 10.1. The molecule has 6 rings (SSSR count). The van der Waals surface area contributed by atoms with E-state index in [4.69, 9.17) is 4.98 Å². The highest BCUT2D eigenvalue weighted by Crippen LogP contribution is 2.33. The van der Waals surface area contributed by atoms with Crippen molar-refractivity contribution in [3.63, 3.8) is 0 Å². The summed E-state index contributed by atoms with van der Waals surface area (Å²) < 4.78 is 37.9. The lowest BCUT2D eigenvalue weighted by Crippen LogP contribution is -2.11. The van der Waals surface area contributed by atoms with Crippen LogP contribution in [0, 0.1) is 5.82 Å². The average Bonchev–Trinajstić information content (AvgIpc) is 3.58. The van der Waals surface area contributed by atoms with E-state index < -0.39 is 15.7 Å². The summed E-state index contributed by atoms with van der Waals surface area (Å²) in [4.78, 5) is 17.1. The quantitative estimate of drug-likeness (QED) is 0.222. The first kappa shape index (κ1) is 26.7. The maximum atomic E-state index is 14.6. The van der Waals surface area contributed by atoms with Crippen LogP contribution in [0.15, 0.2) is 67.1 Å². The molecule has 6 aromatic rings. The van der Waals surface area contributed by atoms with Crippen LogP contribution in [0.4, 0.5) is 4.39 Å². The lowest BCUT2D eigenvalue weighted by Gasteiger charge is -2.06. The average molecular weight is 570 g/mol. The predicted octanol–water partition coefficient (Wildman–Crippen LogP) is 5.07. The molecule has 0 aliphatic carbocycles. The van der Waals surface area contributed by atoms with Gasteiger partial charge in [-0.3, -0.25) is 15.1 Å². The third-order valence-electron chi connectivity index (χ3n) is 6.89. The first-order valence-electron chi connectivity index (χ1n) is 13.2. The van der Waals surface area contributed by atoms with E-state index >= 15 is 0 Å². The predicted molar refractivity (Wildman–Crippen MR) is 158 cm³/mol. The number of rotatable bonds is 9. The smallest absolute Gasteiger partial charge is 0.159 e. The molecule has 208 valence electrons. The summed E-state index contributed by atoms with van der Waals surface area (Å²) in [5.41, 5.74) is 7.50. The van der Waals surface area contributed by atoms with Gasteiger partial charge in [-0.1, -0.05) is 13.0 Å². The number of benzene rings is 2. The Hall–Kier alpha value is -4.48. The molecule has 41 heavy (non-hydrogen) atoms. The summed E-state index contributed by atoms with van der Waals surface area (Å²) >= 11 is 0. The van der Waals surface area contributed by atoms with Gasteiger partial charge in [-0.25, -0.2) is 17.8 Å². The summed E-state index contributed by atoms with van der Waals surface area (Å²) in [6.45, 7) is 3.70. The van der Waals surface area contributed by atoms with Gasteiger partial charge in [0.25, 0.3) is 0 Å². The normalized spacial score (nSPS) is 12.0. The van der Waals surface area contributed by atoms with E-state index in [-0.39, 0.29) is 12.2 Å². The lowest BCUT2D eigenvalue weighted by molar-refractivity contribution is 0.600. The topological polar surface area (TPSA) is 129 Å². The molecule has 0 amide bonds. The number of fused-ring (bicyclic) bond motifs is 2. The van der Waals surface area contributed by atoms with Gasteiger partial charge in [-0.15, -0.1) is 0 Å². The molecule has 0 aliphatic heterocycles. The highest BCUT2D eigenvalue weighted by molar-refractivity contribution is 7.90. The second kappa shape index (κ2) is 10.8. The van der Waals surface area contributed by atoms with E-state index in [1.54, 1.807) is 18.3 Å². The molecule has 4 heterocycles. The summed E-state index contributed by atoms with van der Waals surface area (Å²) in [5, 5.41) is 11.9. The lowest BCUT2D eigenvalue weighted by atomic mass is 10.0. The first-order chi connectivity index (χ1) is 19.8. The van der Waals surface area contributed by atoms with Crippen molar-refractivity contribution in [1.29, 1.82) is 0 Å². The van der Waals surface area contributed by atoms with E-state index in [1.165, 1.54) is 18.4 Å². The van der Waals surface area contributed by atoms with Crippen molar-refractivity contribution in [2.24, 2.45) is 0 Å². The molecular weight excluding hydrogens is 541 g/mol. The Morgan fingerprint density at radius 1 is 0.927 bits per heavy atom. The van der Waals surface area contributed by atoms with Crippen LogP contribution >= 0.6 is 0 Å². The largest absolute Gasteiger partial charge is 0.336 e. The maximum absolute atomic E-state index is 14.6. The minimum atomic E-state index is -3.19. The molecule has 0 bridgehead atoms. The maximum Gasteiger partial charge on any atom is 0.159 e. The summed E-state index contributed by atoms with van der Waals surface area (Å²) in [6.07, 6.45) is 6.72. The van der Waals surface area contributed by atoms with Gasteiger partial charge < -0.3 is 10.3 Å². The van der Waals surface area contributed by atoms with Crippen molar-refractivity contribution >= 4 is 31.8 Å². The van der Waals surface area contributed by atoms with Gasteiger partial charge in [-0.05, 0) is 72.1 Å². The Morgan fingerprint density at radius 3 is 2.61 bits per heavy atom. The molecule has 2 aromatic carbocycles. The van der Waals surface area contributed by atoms with Gasteiger partial charge in [-0.2, -0.15) is 5.10 Å². The standard InChI is InChI=1S/C30H28FN7O2S/c1-3-32-15-19-11-22(17-33-16-19)20-4-5-25-24(14-20)28(38-37-25)30-35-26-6-8-34-27(29(26)36-30)21-10-18(12-23(31)13-21)7-9-41(2,39)40/h4-6,8,10-14,16-17,32H,3,7,9,15H2,1-2H3,(H,35,36)(H,37,38). The van der Waals surface area contributed by atoms with Crippen molar-refractivity contribution in [2.75, 3.05) is 18.6 Å². The van der Waals surface area contributed by atoms with Gasteiger partial charge in [0.15, 0.2) is 5.82 Å². The molecule has 0 radical (unpaired) electrons. The number of hydrogen-bond donors (Lipinski definition) is 3. The second-order valence-corrected chi connectivity index (χ2v) is 12.3. The first-order valence-corrected chi connectivity index (χ1v) is 15.3. The molecule has 0 unspecified atom stereocenters. The van der Waals surface area contributed by atoms with Gasteiger partial charge in [0, 0.05) is 47.9 Å². The highest BCUT2D eigenvalue weighted by Gasteiger charge is 2.17. The van der Waals surface area contributed by atoms with Gasteiger partial charge in [0.1, 0.15) is 26.9 Å². The highest BCUT2D eigenvalue weighted by atomic mass is 32.2. The minimum Gasteiger partial charge on any atom is -0.336 e. The third kappa shape index (κ3) is 5.72. The van der Waals surface area contributed by atoms with Crippen molar-refractivity contribution in [3.05, 3.63) is 84.1 Å². The molecular formula is C30H28FN7O2S. The summed E-state index contributed by atoms with van der Waals surface area (Å²) in [7, 11) is -3.19. The number of aryl methyl sites for hydroxylation is 1. The van der Waals surface area contributed by atoms with Crippen LogP contribution in [0.5, 0.6) is 0 Å². The van der Waals surface area contributed by atoms with Crippen molar-refractivity contribution in [3.8, 4) is 33.9 Å². The third-order valence-corrected chi connectivity index (χ3v) is 7.83. The molecule has 0 saturated heterocycles. The van der Waals surface area contributed by atoms with E-state index in [0.717, 1.165) is 46.2 Å². The molecule has 0 saturated carbocycles. The Morgan fingerprint density at radius 2 is 1.78 bits per heavy atom. The zero-order valence-corrected chi connectivity index (χ0v) is 23.4. The van der Waals surface area contributed by atoms with Crippen LogP contribution in [0.1, 0.15) is 18.1 Å². The SMILES string of the molecule is CCNCc1cncc(-c2ccc3[nH]nc(-c4nc5c(-c6cc(F)cc(CCS(C)(=O)=O)c6)nccc5[nH]4)c3c2)c1. The Kier molecular flexibility index (Phi) is 7.06. The molecule has 4 aromatic heterocycles. The van der Waals surface area contributed by atoms with E-state index in [1.807, 2.05) is 24.5 Å². The minimum absolute atomic E-state index is 0.0652. The van der Waals surface area contributed by atoms with Crippen LogP contribution in [0.2, 0.25) is 0 Å². The molecule has 0 aliphatic rings. The summed E-state index contributed by atoms with van der Waals surface area (Å²) in [6, 6.07) is 14.5. The number of halogens is 1. The van der Waals surface area contributed by atoms with Gasteiger partial charge in [0.2, 0.25) is 0 Å². The zero-order chi connectivity index (χ0) is 28.6. The van der Waals surface area contributed by atoms with Crippen LogP contribution < -0.4 is 5.32 Å². The zero-order valence-electron chi connectivity index (χ0n) is 22.6. The monoisotopic (exact) mass is 569 g/mol. The fourth-order valence-corrected chi connectivity index (χ4v) is 5.49. The van der Waals surface area contributed by atoms with Crippen LogP contribution in [-0.4, -0.2) is 57.1 Å². The fourth-order valence-electron chi connectivity index (χ4n) is 4.88. The molecule has 0 spiro atoms. The van der Waals surface area contributed by atoms with E-state index in [9.17, 15) is 12.8 Å². The van der Waals surface area contributed by atoms with Crippen molar-refractivity contribution in [1.82, 2.24) is 35.5 Å². The Balaban J connectivity index is 1.39. The van der Waals surface area contributed by atoms with Crippen molar-refractivity contribution in [2.45, 2.75) is 19.9 Å². The van der Waals surface area contributed by atoms with Crippen LogP contribution in [0.3, 0.4) is 0 Å². The number of nitrogens with one attached hydrogen (secondary N) is 3. The number of H-pyrrole nitrogens is 2. The van der Waals surface area contributed by atoms with E-state index in [0.29, 0.717) is 33.9 Å². The number of imidazole rings is 1. The van der Waals surface area contributed by atoms with Crippen LogP contribution in [0.25, 0.3) is 55.8 Å². The molecule has 9 nitrogen and oxygen atoms in total. The number of pyridine rings is 2. The number of aromatic amines is 2. The number of nitrogens with zero attached hydrogens (tertiary/aromatic N) is 4. The Bertz CT molecular complexity index is 2000. The number of aromatic nitrogens is 6. The summed E-state index contributed by atoms with van der Waals surface area (Å²) in [5.74, 6) is 0.0189. The van der Waals surface area contributed by atoms with Gasteiger partial charge in [0.05, 0.1) is 22.5 Å². The molecule has 11 heteroatoms. The molecule has 3 N–H and O–H groups in total. The fraction of sp³-hybridized carbons (Fsp3) is 0.200. The van der Waals surface area contributed by atoms with Crippen molar-refractivity contribution < 1.29 is 12.8 Å².